The highest BCUT2D eigenvalue weighted by Crippen LogP contribution is 2.36. The molecule has 1 aliphatic rings. The highest BCUT2D eigenvalue weighted by Gasteiger charge is 2.38. The summed E-state index contributed by atoms with van der Waals surface area (Å²) in [7, 11) is 1.35. The summed E-state index contributed by atoms with van der Waals surface area (Å²) in [5.74, 6) is -0.656. The lowest BCUT2D eigenvalue weighted by Gasteiger charge is -2.10. The zero-order valence-electron chi connectivity index (χ0n) is 13.2. The van der Waals surface area contributed by atoms with E-state index in [9.17, 15) is 14.1 Å². The Labute approximate surface area is 147 Å². The summed E-state index contributed by atoms with van der Waals surface area (Å²) in [5, 5.41) is 3.61. The Bertz CT molecular complexity index is 779. The second kappa shape index (κ2) is 6.96. The van der Waals surface area contributed by atoms with Crippen molar-refractivity contribution in [2.75, 3.05) is 12.9 Å². The summed E-state index contributed by atoms with van der Waals surface area (Å²) in [6.07, 6.45) is 2.15. The number of aromatic nitrogens is 1. The third-order valence-electron chi connectivity index (χ3n) is 4.09. The van der Waals surface area contributed by atoms with Crippen LogP contribution in [0.25, 0.3) is 0 Å². The van der Waals surface area contributed by atoms with E-state index >= 15 is 0 Å². The molecule has 2 aromatic heterocycles. The third-order valence-corrected chi connectivity index (χ3v) is 6.11. The van der Waals surface area contributed by atoms with E-state index in [1.165, 1.54) is 18.4 Å². The van der Waals surface area contributed by atoms with Gasteiger partial charge in [-0.1, -0.05) is 6.58 Å². The van der Waals surface area contributed by atoms with Crippen molar-refractivity contribution in [2.24, 2.45) is 0 Å². The summed E-state index contributed by atoms with van der Waals surface area (Å²) in [4.78, 5) is 25.4. The zero-order valence-corrected chi connectivity index (χ0v) is 14.8. The van der Waals surface area contributed by atoms with Gasteiger partial charge in [0.25, 0.3) is 0 Å². The second-order valence-electron chi connectivity index (χ2n) is 5.44. The van der Waals surface area contributed by atoms with Gasteiger partial charge >= 0.3 is 5.97 Å². The Morgan fingerprint density at radius 1 is 1.58 bits per heavy atom. The number of hydrogen-bond donors (Lipinski definition) is 0. The van der Waals surface area contributed by atoms with Crippen LogP contribution in [0.3, 0.4) is 0 Å². The van der Waals surface area contributed by atoms with Crippen LogP contribution in [-0.2, 0) is 27.3 Å². The van der Waals surface area contributed by atoms with E-state index < -0.39 is 17.1 Å². The molecular formula is C17H17NO4S2. The predicted molar refractivity (Wildman–Crippen MR) is 93.0 cm³/mol. The van der Waals surface area contributed by atoms with Gasteiger partial charge in [-0.3, -0.25) is 9.59 Å². The largest absolute Gasteiger partial charge is 0.611 e. The number of rotatable bonds is 6. The molecule has 3 rings (SSSR count). The van der Waals surface area contributed by atoms with Crippen molar-refractivity contribution in [3.05, 3.63) is 52.5 Å². The Balaban J connectivity index is 2.10. The van der Waals surface area contributed by atoms with E-state index in [0.29, 0.717) is 34.8 Å². The van der Waals surface area contributed by atoms with E-state index in [4.69, 9.17) is 4.74 Å². The van der Waals surface area contributed by atoms with E-state index in [-0.39, 0.29) is 17.5 Å². The maximum Gasteiger partial charge on any atom is 0.314 e. The number of ether oxygens (including phenoxy) is 1. The summed E-state index contributed by atoms with van der Waals surface area (Å²) in [5.41, 5.74) is 1.68. The maximum atomic E-state index is 12.9. The molecule has 0 saturated carbocycles. The van der Waals surface area contributed by atoms with Gasteiger partial charge in [0.15, 0.2) is 4.90 Å². The molecule has 0 saturated heterocycles. The van der Waals surface area contributed by atoms with Gasteiger partial charge in [-0.2, -0.15) is 11.3 Å². The van der Waals surface area contributed by atoms with E-state index in [1.807, 2.05) is 9.95 Å². The van der Waals surface area contributed by atoms with Gasteiger partial charge < -0.3 is 13.9 Å². The first-order valence-electron chi connectivity index (χ1n) is 7.46. The van der Waals surface area contributed by atoms with Crippen LogP contribution in [0.4, 0.5) is 0 Å². The van der Waals surface area contributed by atoms with Crippen LogP contribution in [-0.4, -0.2) is 33.7 Å². The minimum Gasteiger partial charge on any atom is -0.611 e. The van der Waals surface area contributed by atoms with E-state index in [2.05, 4.69) is 6.58 Å². The Morgan fingerprint density at radius 3 is 3.00 bits per heavy atom. The molecule has 0 amide bonds. The number of methoxy groups -OCH3 is 1. The summed E-state index contributed by atoms with van der Waals surface area (Å²) in [6, 6.07) is 3.47. The number of nitrogens with zero attached hydrogens (tertiary/aromatic N) is 1. The molecule has 1 aliphatic heterocycles. The molecule has 7 heteroatoms. The van der Waals surface area contributed by atoms with Crippen molar-refractivity contribution in [2.45, 2.75) is 23.8 Å². The van der Waals surface area contributed by atoms with Gasteiger partial charge in [0, 0.05) is 29.2 Å². The van der Waals surface area contributed by atoms with Crippen LogP contribution in [0.2, 0.25) is 0 Å². The van der Waals surface area contributed by atoms with Gasteiger partial charge in [-0.15, -0.1) is 0 Å². The predicted octanol–water partition coefficient (Wildman–Crippen LogP) is 2.73. The molecule has 2 atom stereocenters. The molecule has 2 unspecified atom stereocenters. The summed E-state index contributed by atoms with van der Waals surface area (Å²) in [6.45, 7) is 4.15. The average Bonchev–Trinajstić information content (AvgIpc) is 3.29. The zero-order chi connectivity index (χ0) is 17.3. The van der Waals surface area contributed by atoms with Gasteiger partial charge in [0.2, 0.25) is 5.78 Å². The maximum absolute atomic E-state index is 12.9. The van der Waals surface area contributed by atoms with Crippen molar-refractivity contribution in [1.29, 1.82) is 0 Å². The minimum absolute atomic E-state index is 0.166. The number of fused-ring (bicyclic) bond motifs is 1. The number of ketones is 1. The molecule has 0 aromatic carbocycles. The van der Waals surface area contributed by atoms with Gasteiger partial charge in [-0.05, 0) is 35.1 Å². The fraction of sp³-hybridized carbons (Fsp3) is 0.294. The van der Waals surface area contributed by atoms with Crippen LogP contribution in [0, 0.1) is 0 Å². The highest BCUT2D eigenvalue weighted by atomic mass is 32.2. The van der Waals surface area contributed by atoms with Crippen LogP contribution in [0.1, 0.15) is 34.1 Å². The first-order chi connectivity index (χ1) is 11.6. The van der Waals surface area contributed by atoms with Gasteiger partial charge in [-0.25, -0.2) is 0 Å². The molecule has 0 N–H and O–H groups in total. The van der Waals surface area contributed by atoms with E-state index in [1.54, 1.807) is 23.6 Å². The molecule has 0 bridgehead atoms. The number of carbonyl (C=O) groups excluding carboxylic acids is 2. The quantitative estimate of drug-likeness (QED) is 0.342. The molecule has 2 aromatic rings. The SMILES string of the molecule is C=CC[S+]([O-])c1cc2n(c1C(=O)c1ccsc1)CCC2C(=O)OC. The van der Waals surface area contributed by atoms with Crippen molar-refractivity contribution in [3.8, 4) is 0 Å². The third kappa shape index (κ3) is 2.83. The second-order valence-corrected chi connectivity index (χ2v) is 7.68. The highest BCUT2D eigenvalue weighted by molar-refractivity contribution is 7.91. The molecule has 5 nitrogen and oxygen atoms in total. The molecule has 0 aliphatic carbocycles. The molecule has 0 spiro atoms. The Kier molecular flexibility index (Phi) is 4.93. The molecule has 126 valence electrons. The lowest BCUT2D eigenvalue weighted by atomic mass is 10.1. The summed E-state index contributed by atoms with van der Waals surface area (Å²) < 4.78 is 19.2. The van der Waals surface area contributed by atoms with Crippen LogP contribution < -0.4 is 0 Å². The standard InChI is InChI=1S/C17H17NO4S2/c1-3-8-24(21)14-9-13-12(17(20)22-2)4-6-18(13)15(14)16(19)11-5-7-23-10-11/h3,5,7,9-10,12H,1,4,6,8H2,2H3. The first kappa shape index (κ1) is 17.0. The normalized spacial score (nSPS) is 17.3. The number of thiophene rings is 1. The lowest BCUT2D eigenvalue weighted by Crippen LogP contribution is -2.14. The van der Waals surface area contributed by atoms with Crippen molar-refractivity contribution in [3.63, 3.8) is 0 Å². The molecule has 0 radical (unpaired) electrons. The minimum atomic E-state index is -1.37. The fourth-order valence-corrected chi connectivity index (χ4v) is 4.69. The Morgan fingerprint density at radius 2 is 2.38 bits per heavy atom. The van der Waals surface area contributed by atoms with Crippen LogP contribution in [0.5, 0.6) is 0 Å². The topological polar surface area (TPSA) is 71.4 Å². The summed E-state index contributed by atoms with van der Waals surface area (Å²) >= 11 is 0.0629. The molecule has 0 fully saturated rings. The Hall–Kier alpha value is -1.83. The number of esters is 1. The van der Waals surface area contributed by atoms with Crippen LogP contribution in [0.15, 0.2) is 40.4 Å². The number of hydrogen-bond acceptors (Lipinski definition) is 5. The van der Waals surface area contributed by atoms with Gasteiger partial charge in [0.1, 0.15) is 11.4 Å². The molecule has 3 heterocycles. The molecular weight excluding hydrogens is 346 g/mol. The van der Waals surface area contributed by atoms with Crippen molar-refractivity contribution >= 4 is 34.3 Å². The van der Waals surface area contributed by atoms with E-state index in [0.717, 1.165) is 0 Å². The number of carbonyl (C=O) groups is 2. The van der Waals surface area contributed by atoms with Crippen molar-refractivity contribution < 1.29 is 18.9 Å². The fourth-order valence-electron chi connectivity index (χ4n) is 2.99. The smallest absolute Gasteiger partial charge is 0.314 e. The monoisotopic (exact) mass is 363 g/mol. The average molecular weight is 363 g/mol. The van der Waals surface area contributed by atoms with Crippen LogP contribution >= 0.6 is 11.3 Å². The lowest BCUT2D eigenvalue weighted by molar-refractivity contribution is -0.142. The van der Waals surface area contributed by atoms with Gasteiger partial charge in [0.05, 0.1) is 13.0 Å². The first-order valence-corrected chi connectivity index (χ1v) is 9.72. The van der Waals surface area contributed by atoms with Crippen molar-refractivity contribution in [1.82, 2.24) is 4.57 Å². The molecule has 24 heavy (non-hydrogen) atoms.